The van der Waals surface area contributed by atoms with E-state index in [0.717, 1.165) is 31.4 Å². The minimum absolute atomic E-state index is 0.252. The van der Waals surface area contributed by atoms with Gasteiger partial charge in [0.2, 0.25) is 0 Å². The molecule has 0 amide bonds. The first-order valence-electron chi connectivity index (χ1n) is 5.03. The number of carbonyl (C=O) groups is 1. The molecule has 2 heterocycles. The van der Waals surface area contributed by atoms with Gasteiger partial charge < -0.3 is 4.74 Å². The summed E-state index contributed by atoms with van der Waals surface area (Å²) in [7, 11) is 0. The highest BCUT2D eigenvalue weighted by molar-refractivity contribution is 7.08. The van der Waals surface area contributed by atoms with E-state index in [2.05, 4.69) is 0 Å². The minimum Gasteiger partial charge on any atom is -0.378 e. The Labute approximate surface area is 87.9 Å². The fourth-order valence-electron chi connectivity index (χ4n) is 1.73. The molecule has 2 nitrogen and oxygen atoms in total. The zero-order valence-electron chi connectivity index (χ0n) is 8.07. The van der Waals surface area contributed by atoms with Crippen LogP contribution in [0.4, 0.5) is 0 Å². The molecule has 0 spiro atoms. The zero-order chi connectivity index (χ0) is 9.80. The lowest BCUT2D eigenvalue weighted by Crippen LogP contribution is -2.08. The van der Waals surface area contributed by atoms with E-state index >= 15 is 0 Å². The number of rotatable bonds is 4. The smallest absolute Gasteiger partial charge is 0.163 e. The molecule has 1 atom stereocenters. The van der Waals surface area contributed by atoms with Crippen LogP contribution in [0.1, 0.15) is 36.0 Å². The van der Waals surface area contributed by atoms with Gasteiger partial charge >= 0.3 is 0 Å². The maximum atomic E-state index is 11.6. The predicted octanol–water partition coefficient (Wildman–Crippen LogP) is 2.89. The first-order chi connectivity index (χ1) is 6.86. The van der Waals surface area contributed by atoms with Crippen molar-refractivity contribution in [1.82, 2.24) is 0 Å². The van der Waals surface area contributed by atoms with Crippen LogP contribution in [0.3, 0.4) is 0 Å². The van der Waals surface area contributed by atoms with E-state index < -0.39 is 0 Å². The van der Waals surface area contributed by atoms with Gasteiger partial charge in [-0.3, -0.25) is 4.79 Å². The van der Waals surface area contributed by atoms with Gasteiger partial charge in [0.05, 0.1) is 6.10 Å². The summed E-state index contributed by atoms with van der Waals surface area (Å²) >= 11 is 1.57. The Morgan fingerprint density at radius 3 is 3.21 bits per heavy atom. The molecular formula is C11H14O2S. The lowest BCUT2D eigenvalue weighted by Gasteiger charge is -2.07. The summed E-state index contributed by atoms with van der Waals surface area (Å²) in [6.45, 7) is 0.872. The third-order valence-electron chi connectivity index (χ3n) is 2.56. The summed E-state index contributed by atoms with van der Waals surface area (Å²) in [4.78, 5) is 11.6. The topological polar surface area (TPSA) is 26.3 Å². The van der Waals surface area contributed by atoms with E-state index in [4.69, 9.17) is 4.74 Å². The van der Waals surface area contributed by atoms with E-state index in [1.165, 1.54) is 0 Å². The minimum atomic E-state index is 0.252. The van der Waals surface area contributed by atoms with Gasteiger partial charge in [0.15, 0.2) is 5.78 Å². The Morgan fingerprint density at radius 2 is 2.57 bits per heavy atom. The Bertz CT molecular complexity index is 286. The van der Waals surface area contributed by atoms with Crippen molar-refractivity contribution in [3.8, 4) is 0 Å². The number of hydrogen-bond donors (Lipinski definition) is 0. The van der Waals surface area contributed by atoms with Crippen LogP contribution in [0.2, 0.25) is 0 Å². The molecule has 2 rings (SSSR count). The molecule has 0 radical (unpaired) electrons. The van der Waals surface area contributed by atoms with Crippen molar-refractivity contribution >= 4 is 17.1 Å². The Morgan fingerprint density at radius 1 is 1.64 bits per heavy atom. The van der Waals surface area contributed by atoms with Crippen molar-refractivity contribution in [2.45, 2.75) is 31.8 Å². The Hall–Kier alpha value is -0.670. The van der Waals surface area contributed by atoms with E-state index in [-0.39, 0.29) is 5.78 Å². The van der Waals surface area contributed by atoms with Crippen LogP contribution in [0, 0.1) is 0 Å². The average molecular weight is 210 g/mol. The molecule has 0 bridgehead atoms. The molecule has 1 fully saturated rings. The Balaban J connectivity index is 1.78. The molecule has 1 aliphatic heterocycles. The molecule has 1 saturated heterocycles. The van der Waals surface area contributed by atoms with Crippen LogP contribution in [-0.4, -0.2) is 18.5 Å². The van der Waals surface area contributed by atoms with Crippen LogP contribution in [0.15, 0.2) is 16.8 Å². The molecule has 14 heavy (non-hydrogen) atoms. The summed E-state index contributed by atoms with van der Waals surface area (Å²) in [5.74, 6) is 0.252. The van der Waals surface area contributed by atoms with E-state index in [1.54, 1.807) is 11.3 Å². The molecule has 0 N–H and O–H groups in total. The average Bonchev–Trinajstić information content (AvgIpc) is 2.87. The molecule has 1 aromatic rings. The van der Waals surface area contributed by atoms with Crippen LogP contribution in [-0.2, 0) is 4.74 Å². The number of ketones is 1. The summed E-state index contributed by atoms with van der Waals surface area (Å²) in [5, 5.41) is 3.86. The fraction of sp³-hybridized carbons (Fsp3) is 0.545. The van der Waals surface area contributed by atoms with Crippen molar-refractivity contribution in [2.75, 3.05) is 6.61 Å². The third-order valence-corrected chi connectivity index (χ3v) is 3.24. The lowest BCUT2D eigenvalue weighted by atomic mass is 10.1. The van der Waals surface area contributed by atoms with Crippen LogP contribution in [0.25, 0.3) is 0 Å². The maximum Gasteiger partial charge on any atom is 0.163 e. The van der Waals surface area contributed by atoms with Gasteiger partial charge in [-0.25, -0.2) is 0 Å². The number of Topliss-reactive ketones (excluding diaryl/α,β-unsaturated/α-hetero) is 1. The summed E-state index contributed by atoms with van der Waals surface area (Å²) in [6, 6.07) is 1.89. The SMILES string of the molecule is O=C(CCC1CCCO1)c1ccsc1. The monoisotopic (exact) mass is 210 g/mol. The van der Waals surface area contributed by atoms with Gasteiger partial charge in [0.1, 0.15) is 0 Å². The van der Waals surface area contributed by atoms with Crippen molar-refractivity contribution in [3.63, 3.8) is 0 Å². The van der Waals surface area contributed by atoms with Crippen LogP contribution in [0.5, 0.6) is 0 Å². The van der Waals surface area contributed by atoms with Gasteiger partial charge in [0.25, 0.3) is 0 Å². The van der Waals surface area contributed by atoms with Crippen molar-refractivity contribution < 1.29 is 9.53 Å². The molecular weight excluding hydrogens is 196 g/mol. The van der Waals surface area contributed by atoms with Gasteiger partial charge in [0, 0.05) is 24.0 Å². The standard InChI is InChI=1S/C11H14O2S/c12-11(9-5-7-14-8-9)4-3-10-2-1-6-13-10/h5,7-8,10H,1-4,6H2. The molecule has 1 unspecified atom stereocenters. The zero-order valence-corrected chi connectivity index (χ0v) is 8.89. The first kappa shape index (κ1) is 9.87. The molecule has 3 heteroatoms. The highest BCUT2D eigenvalue weighted by Crippen LogP contribution is 2.18. The Kier molecular flexibility index (Phi) is 3.32. The molecule has 1 aromatic heterocycles. The van der Waals surface area contributed by atoms with Crippen molar-refractivity contribution in [3.05, 3.63) is 22.4 Å². The number of thiophene rings is 1. The molecule has 0 aliphatic carbocycles. The maximum absolute atomic E-state index is 11.6. The largest absolute Gasteiger partial charge is 0.378 e. The predicted molar refractivity (Wildman–Crippen MR) is 56.9 cm³/mol. The second-order valence-electron chi connectivity index (χ2n) is 3.61. The fourth-order valence-corrected chi connectivity index (χ4v) is 2.39. The normalized spacial score (nSPS) is 21.3. The van der Waals surface area contributed by atoms with Gasteiger partial charge in [-0.1, -0.05) is 0 Å². The van der Waals surface area contributed by atoms with E-state index in [0.29, 0.717) is 12.5 Å². The highest BCUT2D eigenvalue weighted by atomic mass is 32.1. The second kappa shape index (κ2) is 4.71. The van der Waals surface area contributed by atoms with E-state index in [9.17, 15) is 4.79 Å². The highest BCUT2D eigenvalue weighted by Gasteiger charge is 2.17. The van der Waals surface area contributed by atoms with Crippen molar-refractivity contribution in [1.29, 1.82) is 0 Å². The number of carbonyl (C=O) groups excluding carboxylic acids is 1. The molecule has 0 aromatic carbocycles. The van der Waals surface area contributed by atoms with Crippen LogP contribution >= 0.6 is 11.3 Å². The van der Waals surface area contributed by atoms with E-state index in [1.807, 2.05) is 16.8 Å². The molecule has 76 valence electrons. The summed E-state index contributed by atoms with van der Waals surface area (Å²) < 4.78 is 5.47. The van der Waals surface area contributed by atoms with Crippen molar-refractivity contribution in [2.24, 2.45) is 0 Å². The third kappa shape index (κ3) is 2.42. The first-order valence-corrected chi connectivity index (χ1v) is 5.97. The lowest BCUT2D eigenvalue weighted by molar-refractivity contribution is 0.0859. The van der Waals surface area contributed by atoms with Gasteiger partial charge in [-0.2, -0.15) is 11.3 Å². The summed E-state index contributed by atoms with van der Waals surface area (Å²) in [6.07, 6.45) is 4.11. The summed E-state index contributed by atoms with van der Waals surface area (Å²) in [5.41, 5.74) is 0.855. The van der Waals surface area contributed by atoms with Gasteiger partial charge in [-0.05, 0) is 30.7 Å². The molecule has 1 aliphatic rings. The number of hydrogen-bond acceptors (Lipinski definition) is 3. The van der Waals surface area contributed by atoms with Crippen LogP contribution < -0.4 is 0 Å². The second-order valence-corrected chi connectivity index (χ2v) is 4.39. The number of ether oxygens (including phenoxy) is 1. The molecule has 0 saturated carbocycles. The van der Waals surface area contributed by atoms with Gasteiger partial charge in [-0.15, -0.1) is 0 Å². The quantitative estimate of drug-likeness (QED) is 0.714.